The summed E-state index contributed by atoms with van der Waals surface area (Å²) in [4.78, 5) is 19.1. The van der Waals surface area contributed by atoms with E-state index in [9.17, 15) is 4.79 Å². The van der Waals surface area contributed by atoms with Crippen LogP contribution in [0.1, 0.15) is 30.3 Å². The number of halogens is 1. The summed E-state index contributed by atoms with van der Waals surface area (Å²) in [6.07, 6.45) is 2.93. The first-order chi connectivity index (χ1) is 8.72. The summed E-state index contributed by atoms with van der Waals surface area (Å²) in [7, 11) is 1.64. The van der Waals surface area contributed by atoms with E-state index in [4.69, 9.17) is 9.47 Å². The zero-order valence-electron chi connectivity index (χ0n) is 10.4. The lowest BCUT2D eigenvalue weighted by Gasteiger charge is -2.06. The number of hydrogen-bond donors (Lipinski definition) is 1. The minimum atomic E-state index is -0.0283. The van der Waals surface area contributed by atoms with E-state index in [1.165, 1.54) is 0 Å². The molecule has 1 aliphatic carbocycles. The van der Waals surface area contributed by atoms with Gasteiger partial charge in [0, 0.05) is 19.4 Å². The molecule has 1 fully saturated rings. The van der Waals surface area contributed by atoms with Crippen LogP contribution in [0.4, 0.5) is 0 Å². The molecule has 0 aromatic carbocycles. The molecule has 0 amide bonds. The zero-order valence-corrected chi connectivity index (χ0v) is 12.5. The average molecular weight is 364 g/mol. The van der Waals surface area contributed by atoms with E-state index in [1.54, 1.807) is 7.11 Å². The van der Waals surface area contributed by atoms with Crippen molar-refractivity contribution < 1.29 is 9.47 Å². The topological polar surface area (TPSA) is 64.2 Å². The quantitative estimate of drug-likeness (QED) is 0.588. The molecule has 1 heterocycles. The molecule has 0 aliphatic heterocycles. The molecule has 0 atom stereocenters. The molecule has 1 aromatic rings. The van der Waals surface area contributed by atoms with Crippen LogP contribution in [0.25, 0.3) is 0 Å². The van der Waals surface area contributed by atoms with E-state index in [0.29, 0.717) is 32.2 Å². The second-order valence-corrected chi connectivity index (χ2v) is 5.42. The van der Waals surface area contributed by atoms with Gasteiger partial charge in [-0.1, -0.05) is 0 Å². The first-order valence-electron chi connectivity index (χ1n) is 6.07. The Hall–Kier alpha value is -0.470. The Morgan fingerprint density at radius 2 is 2.17 bits per heavy atom. The first-order valence-corrected chi connectivity index (χ1v) is 7.15. The Balaban J connectivity index is 1.94. The van der Waals surface area contributed by atoms with Gasteiger partial charge >= 0.3 is 0 Å². The highest BCUT2D eigenvalue weighted by atomic mass is 127. The number of nitrogens with one attached hydrogen (secondary N) is 1. The van der Waals surface area contributed by atoms with Gasteiger partial charge in [-0.05, 0) is 35.4 Å². The maximum Gasteiger partial charge on any atom is 0.264 e. The van der Waals surface area contributed by atoms with Crippen molar-refractivity contribution in [3.8, 4) is 0 Å². The van der Waals surface area contributed by atoms with Crippen LogP contribution in [0.5, 0.6) is 0 Å². The van der Waals surface area contributed by atoms with E-state index in [1.807, 2.05) is 0 Å². The summed E-state index contributed by atoms with van der Waals surface area (Å²) in [5.41, 5.74) is 0.936. The van der Waals surface area contributed by atoms with Crippen LogP contribution >= 0.6 is 22.6 Å². The molecule has 100 valence electrons. The predicted octanol–water partition coefficient (Wildman–Crippen LogP) is 1.46. The predicted molar refractivity (Wildman–Crippen MR) is 75.9 cm³/mol. The molecule has 2 rings (SSSR count). The maximum absolute atomic E-state index is 11.8. The minimum absolute atomic E-state index is 0.0283. The fourth-order valence-corrected chi connectivity index (χ4v) is 2.38. The molecule has 18 heavy (non-hydrogen) atoms. The Kier molecular flexibility index (Phi) is 5.13. The summed E-state index contributed by atoms with van der Waals surface area (Å²) < 4.78 is 11.0. The number of aromatic amines is 1. The third-order valence-electron chi connectivity index (χ3n) is 2.82. The van der Waals surface area contributed by atoms with Gasteiger partial charge in [-0.25, -0.2) is 4.98 Å². The number of H-pyrrole nitrogens is 1. The Morgan fingerprint density at radius 3 is 2.83 bits per heavy atom. The van der Waals surface area contributed by atoms with Crippen LogP contribution in [-0.2, 0) is 15.9 Å². The van der Waals surface area contributed by atoms with E-state index in [0.717, 1.165) is 27.9 Å². The summed E-state index contributed by atoms with van der Waals surface area (Å²) in [5, 5.41) is 0. The van der Waals surface area contributed by atoms with Gasteiger partial charge in [-0.15, -0.1) is 0 Å². The Bertz CT molecular complexity index is 457. The Labute approximate surface area is 119 Å². The monoisotopic (exact) mass is 364 g/mol. The Morgan fingerprint density at radius 1 is 1.39 bits per heavy atom. The van der Waals surface area contributed by atoms with Crippen LogP contribution < -0.4 is 5.56 Å². The van der Waals surface area contributed by atoms with Crippen molar-refractivity contribution in [3.05, 3.63) is 25.4 Å². The average Bonchev–Trinajstić information content (AvgIpc) is 3.17. The lowest BCUT2D eigenvalue weighted by molar-refractivity contribution is 0.0716. The standard InChI is InChI=1S/C12H17IN2O3/c1-17-6-7-18-5-4-9-14-11(8-2-3-8)10(13)12(16)15-9/h8H,2-7H2,1H3,(H,14,15,16). The maximum atomic E-state index is 11.8. The van der Waals surface area contributed by atoms with Gasteiger partial charge in [0.15, 0.2) is 0 Å². The molecule has 1 saturated carbocycles. The largest absolute Gasteiger partial charge is 0.382 e. The molecule has 1 aliphatic rings. The molecule has 0 saturated heterocycles. The molecule has 0 spiro atoms. The SMILES string of the molecule is COCCOCCc1nc(C2CC2)c(I)c(=O)[nH]1. The molecule has 1 aromatic heterocycles. The lowest BCUT2D eigenvalue weighted by Crippen LogP contribution is -2.19. The van der Waals surface area contributed by atoms with Gasteiger partial charge in [0.1, 0.15) is 5.82 Å². The highest BCUT2D eigenvalue weighted by Gasteiger charge is 2.28. The highest BCUT2D eigenvalue weighted by molar-refractivity contribution is 14.1. The van der Waals surface area contributed by atoms with Crippen LogP contribution in [0.15, 0.2) is 4.79 Å². The first kappa shape index (κ1) is 14.0. The van der Waals surface area contributed by atoms with E-state index in [-0.39, 0.29) is 5.56 Å². The summed E-state index contributed by atoms with van der Waals surface area (Å²) in [6.45, 7) is 1.71. The number of aromatic nitrogens is 2. The molecule has 1 N–H and O–H groups in total. The molecule has 0 radical (unpaired) electrons. The molecule has 5 nitrogen and oxygen atoms in total. The summed E-state index contributed by atoms with van der Waals surface area (Å²) in [6, 6.07) is 0. The van der Waals surface area contributed by atoms with E-state index in [2.05, 4.69) is 32.6 Å². The van der Waals surface area contributed by atoms with Crippen LogP contribution in [-0.4, -0.2) is 36.9 Å². The fraction of sp³-hybridized carbons (Fsp3) is 0.667. The van der Waals surface area contributed by atoms with Crippen molar-refractivity contribution in [1.82, 2.24) is 9.97 Å². The summed E-state index contributed by atoms with van der Waals surface area (Å²) >= 11 is 2.08. The third-order valence-corrected chi connectivity index (χ3v) is 3.86. The van der Waals surface area contributed by atoms with E-state index >= 15 is 0 Å². The van der Waals surface area contributed by atoms with Crippen molar-refractivity contribution in [2.75, 3.05) is 26.9 Å². The third kappa shape index (κ3) is 3.76. The van der Waals surface area contributed by atoms with Crippen LogP contribution in [0, 0.1) is 3.57 Å². The molecule has 6 heteroatoms. The minimum Gasteiger partial charge on any atom is -0.382 e. The molecule has 0 bridgehead atoms. The number of ether oxygens (including phenoxy) is 2. The molecular weight excluding hydrogens is 347 g/mol. The number of methoxy groups -OCH3 is 1. The van der Waals surface area contributed by atoms with Crippen molar-refractivity contribution in [3.63, 3.8) is 0 Å². The molecular formula is C12H17IN2O3. The highest BCUT2D eigenvalue weighted by Crippen LogP contribution is 2.40. The number of nitrogens with zero attached hydrogens (tertiary/aromatic N) is 1. The van der Waals surface area contributed by atoms with Crippen molar-refractivity contribution in [1.29, 1.82) is 0 Å². The van der Waals surface area contributed by atoms with Gasteiger partial charge in [0.2, 0.25) is 0 Å². The van der Waals surface area contributed by atoms with Gasteiger partial charge in [0.25, 0.3) is 5.56 Å². The zero-order chi connectivity index (χ0) is 13.0. The van der Waals surface area contributed by atoms with Crippen molar-refractivity contribution in [2.45, 2.75) is 25.2 Å². The number of rotatable bonds is 7. The van der Waals surface area contributed by atoms with Crippen molar-refractivity contribution >= 4 is 22.6 Å². The fourth-order valence-electron chi connectivity index (χ4n) is 1.68. The smallest absolute Gasteiger partial charge is 0.264 e. The van der Waals surface area contributed by atoms with E-state index < -0.39 is 0 Å². The van der Waals surface area contributed by atoms with Gasteiger partial charge in [0.05, 0.1) is 29.1 Å². The van der Waals surface area contributed by atoms with Crippen LogP contribution in [0.2, 0.25) is 0 Å². The van der Waals surface area contributed by atoms with Gasteiger partial charge in [-0.3, -0.25) is 4.79 Å². The second-order valence-electron chi connectivity index (χ2n) is 4.34. The lowest BCUT2D eigenvalue weighted by atomic mass is 10.2. The normalized spacial score (nSPS) is 15.0. The van der Waals surface area contributed by atoms with Gasteiger partial charge < -0.3 is 14.5 Å². The van der Waals surface area contributed by atoms with Crippen LogP contribution in [0.3, 0.4) is 0 Å². The summed E-state index contributed by atoms with van der Waals surface area (Å²) in [5.74, 6) is 1.21. The molecule has 0 unspecified atom stereocenters. The van der Waals surface area contributed by atoms with Gasteiger partial charge in [-0.2, -0.15) is 0 Å². The second kappa shape index (κ2) is 6.63. The number of hydrogen-bond acceptors (Lipinski definition) is 4. The van der Waals surface area contributed by atoms with Crippen molar-refractivity contribution in [2.24, 2.45) is 0 Å².